The maximum absolute atomic E-state index is 11.0. The Labute approximate surface area is 103 Å². The molecule has 0 radical (unpaired) electrons. The van der Waals surface area contributed by atoms with Gasteiger partial charge in [-0.1, -0.05) is 5.16 Å². The van der Waals surface area contributed by atoms with E-state index in [4.69, 9.17) is 14.7 Å². The fraction of sp³-hybridized carbons (Fsp3) is 0.273. The van der Waals surface area contributed by atoms with Gasteiger partial charge in [0.1, 0.15) is 12.4 Å². The zero-order valence-corrected chi connectivity index (χ0v) is 10.1. The van der Waals surface area contributed by atoms with Gasteiger partial charge in [0.15, 0.2) is 0 Å². The van der Waals surface area contributed by atoms with Gasteiger partial charge in [0.2, 0.25) is 0 Å². The van der Waals surface area contributed by atoms with Crippen LogP contribution in [0.3, 0.4) is 0 Å². The predicted molar refractivity (Wildman–Crippen MR) is 65.0 cm³/mol. The van der Waals surface area contributed by atoms with E-state index in [1.54, 1.807) is 19.1 Å². The number of oxime groups is 1. The highest BCUT2D eigenvalue weighted by Crippen LogP contribution is 2.22. The van der Waals surface area contributed by atoms with Crippen molar-refractivity contribution in [2.24, 2.45) is 5.16 Å². The van der Waals surface area contributed by atoms with Gasteiger partial charge in [0.05, 0.1) is 17.7 Å². The first-order chi connectivity index (χ1) is 8.27. The number of ether oxygens (including phenoxy) is 2. The van der Waals surface area contributed by atoms with E-state index >= 15 is 0 Å². The van der Waals surface area contributed by atoms with Crippen LogP contribution < -0.4 is 4.74 Å². The minimum atomic E-state index is -0.390. The molecule has 0 spiro atoms. The molecule has 5 nitrogen and oxygen atoms in total. The summed E-state index contributed by atoms with van der Waals surface area (Å²) in [6, 6.07) is 1.76. The van der Waals surface area contributed by atoms with Crippen LogP contribution in [0.15, 0.2) is 28.8 Å². The van der Waals surface area contributed by atoms with E-state index in [1.807, 2.05) is 5.38 Å². The number of carbonyl (C=O) groups is 1. The third-order valence-electron chi connectivity index (χ3n) is 1.71. The third-order valence-corrected chi connectivity index (χ3v) is 2.54. The molecule has 0 unspecified atom stereocenters. The second kappa shape index (κ2) is 7.45. The van der Waals surface area contributed by atoms with E-state index in [2.05, 4.69) is 5.16 Å². The molecule has 1 aromatic heterocycles. The minimum Gasteiger partial charge on any atom is -0.488 e. The predicted octanol–water partition coefficient (Wildman–Crippen LogP) is 2.05. The molecule has 0 atom stereocenters. The SMILES string of the molecule is CCOC(=O)C=CCOc1ccsc1C=NO. The van der Waals surface area contributed by atoms with Gasteiger partial charge in [0, 0.05) is 6.08 Å². The van der Waals surface area contributed by atoms with Gasteiger partial charge >= 0.3 is 5.97 Å². The molecule has 1 aromatic rings. The lowest BCUT2D eigenvalue weighted by atomic mass is 10.4. The Hall–Kier alpha value is -1.82. The van der Waals surface area contributed by atoms with Crippen molar-refractivity contribution in [2.45, 2.75) is 6.92 Å². The number of carbonyl (C=O) groups excluding carboxylic acids is 1. The minimum absolute atomic E-state index is 0.252. The summed E-state index contributed by atoms with van der Waals surface area (Å²) in [5.74, 6) is 0.222. The van der Waals surface area contributed by atoms with E-state index in [1.165, 1.54) is 23.6 Å². The van der Waals surface area contributed by atoms with Crippen molar-refractivity contribution in [3.05, 3.63) is 28.5 Å². The molecule has 0 fully saturated rings. The van der Waals surface area contributed by atoms with Gasteiger partial charge in [0.25, 0.3) is 0 Å². The number of thiophene rings is 1. The van der Waals surface area contributed by atoms with E-state index < -0.39 is 5.97 Å². The van der Waals surface area contributed by atoms with Crippen molar-refractivity contribution in [3.8, 4) is 5.75 Å². The highest BCUT2D eigenvalue weighted by molar-refractivity contribution is 7.12. The van der Waals surface area contributed by atoms with Gasteiger partial charge in [-0.05, 0) is 24.4 Å². The molecule has 0 amide bonds. The Kier molecular flexibility index (Phi) is 5.81. The Morgan fingerprint density at radius 3 is 3.18 bits per heavy atom. The van der Waals surface area contributed by atoms with Crippen molar-refractivity contribution in [3.63, 3.8) is 0 Å². The molecular formula is C11H13NO4S. The second-order valence-corrected chi connectivity index (χ2v) is 3.81. The summed E-state index contributed by atoms with van der Waals surface area (Å²) in [6.45, 7) is 2.35. The average Bonchev–Trinajstić information content (AvgIpc) is 2.73. The van der Waals surface area contributed by atoms with Crippen molar-refractivity contribution >= 4 is 23.5 Å². The molecule has 0 aromatic carbocycles. The molecule has 0 bridgehead atoms. The molecule has 6 heteroatoms. The smallest absolute Gasteiger partial charge is 0.330 e. The van der Waals surface area contributed by atoms with Crippen LogP contribution in [0.4, 0.5) is 0 Å². The average molecular weight is 255 g/mol. The van der Waals surface area contributed by atoms with Crippen LogP contribution in [0.5, 0.6) is 5.75 Å². The molecule has 0 aliphatic carbocycles. The summed E-state index contributed by atoms with van der Waals surface area (Å²) in [4.78, 5) is 11.7. The second-order valence-electron chi connectivity index (χ2n) is 2.86. The fourth-order valence-corrected chi connectivity index (χ4v) is 1.74. The standard InChI is InChI=1S/C11H13NO4S/c1-2-15-11(13)4-3-6-16-9-5-7-17-10(9)8-12-14/h3-5,7-8,14H,2,6H2,1H3. The maximum atomic E-state index is 11.0. The topological polar surface area (TPSA) is 68.1 Å². The summed E-state index contributed by atoms with van der Waals surface area (Å²) >= 11 is 1.40. The molecule has 0 saturated carbocycles. The zero-order valence-electron chi connectivity index (χ0n) is 9.33. The van der Waals surface area contributed by atoms with Crippen LogP contribution in [0.2, 0.25) is 0 Å². The van der Waals surface area contributed by atoms with E-state index in [0.717, 1.165) is 4.88 Å². The van der Waals surface area contributed by atoms with Gasteiger partial charge in [-0.25, -0.2) is 4.79 Å². The molecule has 1 heterocycles. The van der Waals surface area contributed by atoms with Crippen molar-refractivity contribution in [1.29, 1.82) is 0 Å². The van der Waals surface area contributed by atoms with Gasteiger partial charge < -0.3 is 14.7 Å². The van der Waals surface area contributed by atoms with Crippen molar-refractivity contribution in [2.75, 3.05) is 13.2 Å². The molecule has 1 rings (SSSR count). The highest BCUT2D eigenvalue weighted by Gasteiger charge is 2.02. The largest absolute Gasteiger partial charge is 0.488 e. The van der Waals surface area contributed by atoms with Crippen LogP contribution in [-0.2, 0) is 9.53 Å². The quantitative estimate of drug-likeness (QED) is 0.278. The molecule has 0 aliphatic rings. The summed E-state index contributed by atoms with van der Waals surface area (Å²) in [6.07, 6.45) is 4.18. The van der Waals surface area contributed by atoms with E-state index in [0.29, 0.717) is 12.4 Å². The highest BCUT2D eigenvalue weighted by atomic mass is 32.1. The number of esters is 1. The number of rotatable bonds is 6. The first kappa shape index (κ1) is 13.2. The van der Waals surface area contributed by atoms with Crippen LogP contribution in [-0.4, -0.2) is 30.6 Å². The van der Waals surface area contributed by atoms with Crippen LogP contribution >= 0.6 is 11.3 Å². The number of hydrogen-bond acceptors (Lipinski definition) is 6. The lowest BCUT2D eigenvalue weighted by molar-refractivity contribution is -0.137. The van der Waals surface area contributed by atoms with E-state index in [-0.39, 0.29) is 6.61 Å². The Bertz CT molecular complexity index is 411. The Morgan fingerprint density at radius 1 is 1.65 bits per heavy atom. The number of nitrogens with zero attached hydrogens (tertiary/aromatic N) is 1. The van der Waals surface area contributed by atoms with Gasteiger partial charge in [-0.3, -0.25) is 0 Å². The van der Waals surface area contributed by atoms with Crippen molar-refractivity contribution in [1.82, 2.24) is 0 Å². The van der Waals surface area contributed by atoms with Crippen molar-refractivity contribution < 1.29 is 19.5 Å². The molecule has 0 aliphatic heterocycles. The molecular weight excluding hydrogens is 242 g/mol. The summed E-state index contributed by atoms with van der Waals surface area (Å²) in [5, 5.41) is 13.2. The lowest BCUT2D eigenvalue weighted by Gasteiger charge is -2.00. The normalized spacial score (nSPS) is 11.1. The van der Waals surface area contributed by atoms with Gasteiger partial charge in [-0.15, -0.1) is 11.3 Å². The molecule has 0 saturated heterocycles. The number of hydrogen-bond donors (Lipinski definition) is 1. The first-order valence-electron chi connectivity index (χ1n) is 4.99. The monoisotopic (exact) mass is 255 g/mol. The molecule has 17 heavy (non-hydrogen) atoms. The third kappa shape index (κ3) is 4.69. The Balaban J connectivity index is 2.40. The van der Waals surface area contributed by atoms with Crippen LogP contribution in [0, 0.1) is 0 Å². The lowest BCUT2D eigenvalue weighted by Crippen LogP contribution is -2.01. The summed E-state index contributed by atoms with van der Waals surface area (Å²) < 4.78 is 10.1. The zero-order chi connectivity index (χ0) is 12.5. The Morgan fingerprint density at radius 2 is 2.47 bits per heavy atom. The molecule has 1 N–H and O–H groups in total. The summed E-state index contributed by atoms with van der Waals surface area (Å²) in [5.41, 5.74) is 0. The maximum Gasteiger partial charge on any atom is 0.330 e. The summed E-state index contributed by atoms with van der Waals surface area (Å²) in [7, 11) is 0. The van der Waals surface area contributed by atoms with Crippen LogP contribution in [0.25, 0.3) is 0 Å². The van der Waals surface area contributed by atoms with E-state index in [9.17, 15) is 4.79 Å². The van der Waals surface area contributed by atoms with Crippen LogP contribution in [0.1, 0.15) is 11.8 Å². The fourth-order valence-electron chi connectivity index (χ4n) is 1.05. The van der Waals surface area contributed by atoms with Gasteiger partial charge in [-0.2, -0.15) is 0 Å². The molecule has 92 valence electrons. The first-order valence-corrected chi connectivity index (χ1v) is 5.87.